The summed E-state index contributed by atoms with van der Waals surface area (Å²) in [5, 5.41) is 2.97. The van der Waals surface area contributed by atoms with E-state index < -0.39 is 5.82 Å². The number of rotatable bonds is 4. The normalized spacial score (nSPS) is 17.4. The van der Waals surface area contributed by atoms with Crippen molar-refractivity contribution in [3.8, 4) is 0 Å². The van der Waals surface area contributed by atoms with Crippen LogP contribution >= 0.6 is 15.9 Å². The average Bonchev–Trinajstić information content (AvgIpc) is 2.89. The zero-order chi connectivity index (χ0) is 13.9. The zero-order valence-electron chi connectivity index (χ0n) is 11.1. The smallest absolute Gasteiger partial charge is 0.252 e. The number of carbonyl (C=O) groups is 1. The van der Waals surface area contributed by atoms with E-state index in [9.17, 15) is 9.18 Å². The zero-order valence-corrected chi connectivity index (χ0v) is 12.7. The molecule has 1 fully saturated rings. The molecule has 1 aliphatic carbocycles. The van der Waals surface area contributed by atoms with E-state index in [2.05, 4.69) is 28.2 Å². The van der Waals surface area contributed by atoms with Crippen LogP contribution in [-0.4, -0.2) is 12.5 Å². The van der Waals surface area contributed by atoms with Crippen LogP contribution in [0.4, 0.5) is 4.39 Å². The predicted molar refractivity (Wildman–Crippen MR) is 77.6 cm³/mol. The summed E-state index contributed by atoms with van der Waals surface area (Å²) in [5.74, 6) is -0.607. The Hall–Kier alpha value is -0.900. The molecule has 0 bridgehead atoms. The molecule has 0 radical (unpaired) electrons. The molecule has 0 atom stereocenters. The summed E-state index contributed by atoms with van der Waals surface area (Å²) < 4.78 is 13.6. The van der Waals surface area contributed by atoms with Crippen molar-refractivity contribution in [2.24, 2.45) is 5.41 Å². The third-order valence-electron chi connectivity index (χ3n) is 4.23. The van der Waals surface area contributed by atoms with Crippen LogP contribution in [0.25, 0.3) is 0 Å². The molecule has 0 aliphatic heterocycles. The minimum Gasteiger partial charge on any atom is -0.351 e. The van der Waals surface area contributed by atoms with Gasteiger partial charge in [0.1, 0.15) is 5.82 Å². The molecule has 19 heavy (non-hydrogen) atoms. The van der Waals surface area contributed by atoms with E-state index in [-0.39, 0.29) is 15.8 Å². The van der Waals surface area contributed by atoms with Gasteiger partial charge in [0.05, 0.1) is 10.0 Å². The summed E-state index contributed by atoms with van der Waals surface area (Å²) in [4.78, 5) is 12.1. The van der Waals surface area contributed by atoms with Crippen LogP contribution in [0.5, 0.6) is 0 Å². The molecule has 0 saturated heterocycles. The van der Waals surface area contributed by atoms with Crippen molar-refractivity contribution < 1.29 is 9.18 Å². The first-order chi connectivity index (χ1) is 9.08. The minimum absolute atomic E-state index is 0.203. The topological polar surface area (TPSA) is 29.1 Å². The lowest BCUT2D eigenvalue weighted by molar-refractivity contribution is 0.0927. The van der Waals surface area contributed by atoms with E-state index in [1.165, 1.54) is 31.7 Å². The largest absolute Gasteiger partial charge is 0.351 e. The fraction of sp³-hybridized carbons (Fsp3) is 0.533. The summed E-state index contributed by atoms with van der Waals surface area (Å²) in [5.41, 5.74) is 0.611. The molecule has 1 N–H and O–H groups in total. The third kappa shape index (κ3) is 3.16. The maximum Gasteiger partial charge on any atom is 0.252 e. The number of nitrogens with one attached hydrogen (secondary N) is 1. The van der Waals surface area contributed by atoms with Crippen LogP contribution in [-0.2, 0) is 0 Å². The van der Waals surface area contributed by atoms with Crippen LogP contribution in [0, 0.1) is 11.2 Å². The fourth-order valence-corrected chi connectivity index (χ4v) is 3.27. The van der Waals surface area contributed by atoms with Gasteiger partial charge in [-0.1, -0.05) is 25.8 Å². The third-order valence-corrected chi connectivity index (χ3v) is 5.04. The Labute approximate surface area is 121 Å². The highest BCUT2D eigenvalue weighted by Crippen LogP contribution is 2.40. The minimum atomic E-state index is -0.404. The Morgan fingerprint density at radius 1 is 1.42 bits per heavy atom. The highest BCUT2D eigenvalue weighted by Gasteiger charge is 2.32. The highest BCUT2D eigenvalue weighted by molar-refractivity contribution is 9.10. The molecule has 0 unspecified atom stereocenters. The molecule has 1 saturated carbocycles. The monoisotopic (exact) mass is 327 g/mol. The SMILES string of the molecule is CCC1(CNC(=O)c2cccc(F)c2Br)CCCC1. The van der Waals surface area contributed by atoms with Crippen LogP contribution in [0.1, 0.15) is 49.4 Å². The van der Waals surface area contributed by atoms with Gasteiger partial charge in [0, 0.05) is 6.54 Å². The van der Waals surface area contributed by atoms with Gasteiger partial charge in [-0.25, -0.2) is 4.39 Å². The number of halogens is 2. The Morgan fingerprint density at radius 2 is 2.11 bits per heavy atom. The first-order valence-electron chi connectivity index (χ1n) is 6.80. The van der Waals surface area contributed by atoms with Crippen molar-refractivity contribution in [1.82, 2.24) is 5.32 Å². The molecule has 2 rings (SSSR count). The molecule has 0 spiro atoms. The summed E-state index contributed by atoms with van der Waals surface area (Å²) >= 11 is 3.13. The quantitative estimate of drug-likeness (QED) is 0.878. The van der Waals surface area contributed by atoms with Crippen molar-refractivity contribution in [2.75, 3.05) is 6.54 Å². The highest BCUT2D eigenvalue weighted by atomic mass is 79.9. The summed E-state index contributed by atoms with van der Waals surface area (Å²) in [7, 11) is 0. The lowest BCUT2D eigenvalue weighted by atomic mass is 9.83. The van der Waals surface area contributed by atoms with Gasteiger partial charge >= 0.3 is 0 Å². The average molecular weight is 328 g/mol. The molecule has 4 heteroatoms. The molecule has 1 aromatic rings. The Kier molecular flexibility index (Phi) is 4.61. The lowest BCUT2D eigenvalue weighted by Crippen LogP contribution is -2.35. The van der Waals surface area contributed by atoms with Crippen LogP contribution in [0.15, 0.2) is 22.7 Å². The van der Waals surface area contributed by atoms with Gasteiger partial charge < -0.3 is 5.32 Å². The van der Waals surface area contributed by atoms with Crippen molar-refractivity contribution >= 4 is 21.8 Å². The summed E-state index contributed by atoms with van der Waals surface area (Å²) in [6.07, 6.45) is 5.92. The van der Waals surface area contributed by atoms with Gasteiger partial charge in [-0.05, 0) is 52.7 Å². The standard InChI is InChI=1S/C15H19BrFNO/c1-2-15(8-3-4-9-15)10-18-14(19)11-6-5-7-12(17)13(11)16/h5-7H,2-4,8-10H2,1H3,(H,18,19). The van der Waals surface area contributed by atoms with E-state index in [4.69, 9.17) is 0 Å². The number of hydrogen-bond donors (Lipinski definition) is 1. The van der Waals surface area contributed by atoms with Crippen molar-refractivity contribution in [2.45, 2.75) is 39.0 Å². The van der Waals surface area contributed by atoms with E-state index in [0.29, 0.717) is 12.1 Å². The maximum atomic E-state index is 13.4. The summed E-state index contributed by atoms with van der Waals surface area (Å²) in [6, 6.07) is 4.53. The molecule has 1 aromatic carbocycles. The van der Waals surface area contributed by atoms with E-state index in [1.54, 1.807) is 12.1 Å². The van der Waals surface area contributed by atoms with Crippen molar-refractivity contribution in [3.63, 3.8) is 0 Å². The van der Waals surface area contributed by atoms with Gasteiger partial charge in [0.25, 0.3) is 5.91 Å². The first-order valence-corrected chi connectivity index (χ1v) is 7.59. The van der Waals surface area contributed by atoms with Gasteiger partial charge in [-0.3, -0.25) is 4.79 Å². The first kappa shape index (κ1) is 14.5. The Balaban J connectivity index is 2.03. The van der Waals surface area contributed by atoms with Crippen molar-refractivity contribution in [3.05, 3.63) is 34.1 Å². The second-order valence-corrected chi connectivity index (χ2v) is 6.14. The van der Waals surface area contributed by atoms with Gasteiger partial charge in [0.15, 0.2) is 0 Å². The summed E-state index contributed by atoms with van der Waals surface area (Å²) in [6.45, 7) is 2.86. The molecular formula is C15H19BrFNO. The Morgan fingerprint density at radius 3 is 2.74 bits per heavy atom. The number of hydrogen-bond acceptors (Lipinski definition) is 1. The number of carbonyl (C=O) groups excluding carboxylic acids is 1. The van der Waals surface area contributed by atoms with Crippen molar-refractivity contribution in [1.29, 1.82) is 0 Å². The molecule has 0 heterocycles. The lowest BCUT2D eigenvalue weighted by Gasteiger charge is -2.27. The van der Waals surface area contributed by atoms with E-state index >= 15 is 0 Å². The van der Waals surface area contributed by atoms with Gasteiger partial charge in [-0.2, -0.15) is 0 Å². The van der Waals surface area contributed by atoms with Crippen LogP contribution < -0.4 is 5.32 Å². The molecular weight excluding hydrogens is 309 g/mol. The van der Waals surface area contributed by atoms with Gasteiger partial charge in [-0.15, -0.1) is 0 Å². The molecule has 1 aliphatic rings. The second kappa shape index (κ2) is 6.04. The second-order valence-electron chi connectivity index (χ2n) is 5.34. The Bertz CT molecular complexity index is 469. The molecule has 0 aromatic heterocycles. The van der Waals surface area contributed by atoms with Crippen LogP contribution in [0.2, 0.25) is 0 Å². The predicted octanol–water partition coefficient (Wildman–Crippen LogP) is 4.29. The number of benzene rings is 1. The van der Waals surface area contributed by atoms with Gasteiger partial charge in [0.2, 0.25) is 0 Å². The molecule has 2 nitrogen and oxygen atoms in total. The number of amides is 1. The maximum absolute atomic E-state index is 13.4. The molecule has 104 valence electrons. The van der Waals surface area contributed by atoms with Crippen LogP contribution in [0.3, 0.4) is 0 Å². The molecule has 1 amide bonds. The van der Waals surface area contributed by atoms with E-state index in [1.807, 2.05) is 0 Å². The fourth-order valence-electron chi connectivity index (χ4n) is 2.82. The van der Waals surface area contributed by atoms with E-state index in [0.717, 1.165) is 6.42 Å².